The number of nitrogens with zero attached hydrogens (tertiary/aromatic N) is 3. The van der Waals surface area contributed by atoms with E-state index in [4.69, 9.17) is 28.3 Å². The molecule has 0 unspecified atom stereocenters. The molecule has 0 bridgehead atoms. The van der Waals surface area contributed by atoms with Crippen molar-refractivity contribution in [1.82, 2.24) is 4.57 Å². The zero-order valence-corrected chi connectivity index (χ0v) is 21.8. The van der Waals surface area contributed by atoms with Crippen molar-refractivity contribution in [3.05, 3.63) is 104 Å². The summed E-state index contributed by atoms with van der Waals surface area (Å²) < 4.78 is 2.13. The average Bonchev–Trinajstić information content (AvgIpc) is 3.21. The van der Waals surface area contributed by atoms with Gasteiger partial charge in [0.1, 0.15) is 5.75 Å². The summed E-state index contributed by atoms with van der Waals surface area (Å²) >= 11 is 14.1. The number of aliphatic hydroxyl groups excluding tert-OH is 1. The molecule has 0 amide bonds. The smallest absolute Gasteiger partial charge is 0.211 e. The van der Waals surface area contributed by atoms with Gasteiger partial charge in [-0.2, -0.15) is 5.10 Å². The van der Waals surface area contributed by atoms with Crippen molar-refractivity contribution in [1.29, 1.82) is 0 Å². The van der Waals surface area contributed by atoms with Crippen LogP contribution in [0.1, 0.15) is 25.0 Å². The Morgan fingerprint density at radius 1 is 1.00 bits per heavy atom. The molecule has 0 fully saturated rings. The predicted molar refractivity (Wildman–Crippen MR) is 147 cm³/mol. The van der Waals surface area contributed by atoms with Gasteiger partial charge in [-0.1, -0.05) is 53.5 Å². The van der Waals surface area contributed by atoms with E-state index in [1.807, 2.05) is 35.7 Å². The molecule has 0 aliphatic carbocycles. The maximum atomic E-state index is 9.41. The zero-order valence-electron chi connectivity index (χ0n) is 19.5. The highest BCUT2D eigenvalue weighted by molar-refractivity contribution is 7.07. The molecule has 0 saturated heterocycles. The van der Waals surface area contributed by atoms with Gasteiger partial charge in [-0.05, 0) is 73.9 Å². The van der Waals surface area contributed by atoms with E-state index >= 15 is 0 Å². The van der Waals surface area contributed by atoms with Crippen molar-refractivity contribution in [2.24, 2.45) is 10.2 Å². The van der Waals surface area contributed by atoms with E-state index in [0.717, 1.165) is 34.6 Å². The van der Waals surface area contributed by atoms with Crippen LogP contribution in [0.4, 0.5) is 0 Å². The normalized spacial score (nSPS) is 11.7. The Morgan fingerprint density at radius 2 is 1.69 bits per heavy atom. The van der Waals surface area contributed by atoms with Gasteiger partial charge in [0.25, 0.3) is 0 Å². The largest absolute Gasteiger partial charge is 0.508 e. The van der Waals surface area contributed by atoms with Crippen molar-refractivity contribution in [2.75, 3.05) is 0 Å². The van der Waals surface area contributed by atoms with Gasteiger partial charge in [-0.15, -0.1) is 16.4 Å². The van der Waals surface area contributed by atoms with Crippen LogP contribution in [-0.2, 0) is 13.0 Å². The first-order valence-corrected chi connectivity index (χ1v) is 12.7. The molecule has 35 heavy (non-hydrogen) atoms. The van der Waals surface area contributed by atoms with Crippen LogP contribution in [0, 0.1) is 0 Å². The van der Waals surface area contributed by atoms with Crippen molar-refractivity contribution in [3.8, 4) is 17.0 Å². The summed E-state index contributed by atoms with van der Waals surface area (Å²) in [6.07, 6.45) is 2.35. The first-order valence-electron chi connectivity index (χ1n) is 11.1. The van der Waals surface area contributed by atoms with Gasteiger partial charge in [0.05, 0.1) is 16.9 Å². The molecule has 0 saturated carbocycles. The van der Waals surface area contributed by atoms with Crippen LogP contribution in [0.5, 0.6) is 5.75 Å². The summed E-state index contributed by atoms with van der Waals surface area (Å²) in [6, 6.07) is 22.6. The maximum Gasteiger partial charge on any atom is 0.211 e. The number of aromatic nitrogens is 1. The molecule has 182 valence electrons. The molecule has 0 aliphatic rings. The van der Waals surface area contributed by atoms with Crippen molar-refractivity contribution >= 4 is 40.8 Å². The van der Waals surface area contributed by atoms with Crippen LogP contribution in [0.2, 0.25) is 10.0 Å². The van der Waals surface area contributed by atoms with Crippen LogP contribution in [0.25, 0.3) is 11.3 Å². The number of aryl methyl sites for hydroxylation is 1. The number of benzene rings is 3. The van der Waals surface area contributed by atoms with E-state index in [2.05, 4.69) is 26.9 Å². The predicted octanol–water partition coefficient (Wildman–Crippen LogP) is 6.79. The molecule has 2 N–H and O–H groups in total. The second-order valence-electron chi connectivity index (χ2n) is 7.94. The zero-order chi connectivity index (χ0) is 25.2. The van der Waals surface area contributed by atoms with Crippen molar-refractivity contribution in [2.45, 2.75) is 32.9 Å². The lowest BCUT2D eigenvalue weighted by atomic mass is 10.1. The van der Waals surface area contributed by atoms with E-state index < -0.39 is 0 Å². The fraction of sp³-hybridized carbons (Fsp3) is 0.185. The maximum absolute atomic E-state index is 9.41. The van der Waals surface area contributed by atoms with Crippen LogP contribution in [0.3, 0.4) is 0 Å². The summed E-state index contributed by atoms with van der Waals surface area (Å²) in [7, 11) is 0. The number of rotatable bonds is 6. The molecule has 4 aromatic rings. The monoisotopic (exact) mass is 527 g/mol. The average molecular weight is 529 g/mol. The summed E-state index contributed by atoms with van der Waals surface area (Å²) in [5.74, 6) is 0.218. The molecule has 8 heteroatoms. The molecule has 0 spiro atoms. The fourth-order valence-corrected chi connectivity index (χ4v) is 4.52. The Morgan fingerprint density at radius 3 is 2.34 bits per heavy atom. The molecule has 0 radical (unpaired) electrons. The molecular formula is C27H27Cl2N3O2S. The number of halogens is 2. The quantitative estimate of drug-likeness (QED) is 0.214. The SMILES string of the molecule is CC(C)O.Oc1ccc(/C=N\N=c2\scc(-c3ccc(Cl)cc3Cl)n2CCc2ccccc2)cc1. The van der Waals surface area contributed by atoms with E-state index in [-0.39, 0.29) is 11.9 Å². The minimum absolute atomic E-state index is 0.167. The minimum atomic E-state index is -0.167. The first kappa shape index (κ1) is 26.7. The fourth-order valence-electron chi connectivity index (χ4n) is 3.13. The molecular weight excluding hydrogens is 501 g/mol. The Labute approximate surface area is 219 Å². The summed E-state index contributed by atoms with van der Waals surface area (Å²) in [5, 5.41) is 29.4. The Hall–Kier alpha value is -2.90. The lowest BCUT2D eigenvalue weighted by Crippen LogP contribution is -2.17. The molecule has 4 rings (SSSR count). The van der Waals surface area contributed by atoms with Crippen molar-refractivity contribution in [3.63, 3.8) is 0 Å². The molecule has 3 aromatic carbocycles. The van der Waals surface area contributed by atoms with Gasteiger partial charge < -0.3 is 14.8 Å². The van der Waals surface area contributed by atoms with Gasteiger partial charge in [0.2, 0.25) is 4.80 Å². The molecule has 0 atom stereocenters. The lowest BCUT2D eigenvalue weighted by Gasteiger charge is -2.10. The number of thiazole rings is 1. The summed E-state index contributed by atoms with van der Waals surface area (Å²) in [5.41, 5.74) is 3.98. The number of hydrogen-bond acceptors (Lipinski definition) is 5. The third-order valence-corrected chi connectivity index (χ3v) is 6.12. The standard InChI is InChI=1S/C24H19Cl2N3OS.C3H8O/c25-19-8-11-21(22(26)14-19)23-16-31-24(28-27-15-18-6-9-20(30)10-7-18)29(23)13-12-17-4-2-1-3-5-17;1-3(2)4/h1-11,14-16,30H,12-13H2;3-4H,1-2H3/b27-15-,28-24+;. The Bertz CT molecular complexity index is 1310. The molecule has 1 heterocycles. The van der Waals surface area contributed by atoms with Gasteiger partial charge in [0, 0.05) is 28.6 Å². The summed E-state index contributed by atoms with van der Waals surface area (Å²) in [6.45, 7) is 4.18. The van der Waals surface area contributed by atoms with Gasteiger partial charge in [-0.25, -0.2) is 0 Å². The van der Waals surface area contributed by atoms with E-state index in [0.29, 0.717) is 10.0 Å². The van der Waals surface area contributed by atoms with Gasteiger partial charge in [-0.3, -0.25) is 0 Å². The number of phenolic OH excluding ortho intramolecular Hbond substituents is 1. The molecule has 1 aromatic heterocycles. The second kappa shape index (κ2) is 13.3. The van der Waals surface area contributed by atoms with E-state index in [1.165, 1.54) is 16.9 Å². The topological polar surface area (TPSA) is 70.1 Å². The van der Waals surface area contributed by atoms with Gasteiger partial charge in [0.15, 0.2) is 0 Å². The second-order valence-corrected chi connectivity index (χ2v) is 9.62. The molecule has 5 nitrogen and oxygen atoms in total. The highest BCUT2D eigenvalue weighted by atomic mass is 35.5. The lowest BCUT2D eigenvalue weighted by molar-refractivity contribution is 0.216. The first-order chi connectivity index (χ1) is 16.8. The minimum Gasteiger partial charge on any atom is -0.508 e. The van der Waals surface area contributed by atoms with Crippen LogP contribution >= 0.6 is 34.5 Å². The van der Waals surface area contributed by atoms with Crippen molar-refractivity contribution < 1.29 is 10.2 Å². The summed E-state index contributed by atoms with van der Waals surface area (Å²) in [4.78, 5) is 0.770. The van der Waals surface area contributed by atoms with Gasteiger partial charge >= 0.3 is 0 Å². The number of phenols is 1. The Balaban J connectivity index is 0.000000795. The Kier molecular flexibility index (Phi) is 10.1. The number of aliphatic hydroxyl groups is 1. The third kappa shape index (κ3) is 8.37. The van der Waals surface area contributed by atoms with Crippen LogP contribution in [0.15, 0.2) is 88.4 Å². The molecule has 0 aliphatic heterocycles. The number of aromatic hydroxyl groups is 1. The third-order valence-electron chi connectivity index (χ3n) is 4.71. The van der Waals surface area contributed by atoms with Crippen LogP contribution in [-0.4, -0.2) is 27.1 Å². The highest BCUT2D eigenvalue weighted by Gasteiger charge is 2.12. The highest BCUT2D eigenvalue weighted by Crippen LogP contribution is 2.30. The van der Waals surface area contributed by atoms with E-state index in [9.17, 15) is 5.11 Å². The van der Waals surface area contributed by atoms with E-state index in [1.54, 1.807) is 50.4 Å². The van der Waals surface area contributed by atoms with Crippen LogP contribution < -0.4 is 4.80 Å². The number of hydrogen-bond donors (Lipinski definition) is 2.